The molecule has 0 saturated carbocycles. The van der Waals surface area contributed by atoms with Gasteiger partial charge in [0.15, 0.2) is 0 Å². The fourth-order valence-corrected chi connectivity index (χ4v) is 2.21. The predicted octanol–water partition coefficient (Wildman–Crippen LogP) is 2.15. The Hall–Kier alpha value is -0.610. The zero-order chi connectivity index (χ0) is 14.1. The van der Waals surface area contributed by atoms with Crippen molar-refractivity contribution in [2.24, 2.45) is 5.92 Å². The van der Waals surface area contributed by atoms with Crippen molar-refractivity contribution in [1.82, 2.24) is 9.80 Å². The third-order valence-electron chi connectivity index (χ3n) is 3.91. The summed E-state index contributed by atoms with van der Waals surface area (Å²) in [5.41, 5.74) is 0. The highest BCUT2D eigenvalue weighted by Gasteiger charge is 2.23. The van der Waals surface area contributed by atoms with E-state index < -0.39 is 5.97 Å². The second-order valence-electron chi connectivity index (χ2n) is 4.88. The van der Waals surface area contributed by atoms with E-state index in [1.54, 1.807) is 6.92 Å². The van der Waals surface area contributed by atoms with E-state index in [2.05, 4.69) is 30.6 Å². The zero-order valence-corrected chi connectivity index (χ0v) is 12.6. The number of hydrogen-bond donors (Lipinski definition) is 1. The van der Waals surface area contributed by atoms with E-state index in [1.807, 2.05) is 6.92 Å². The third-order valence-corrected chi connectivity index (χ3v) is 3.91. The van der Waals surface area contributed by atoms with Crippen LogP contribution in [0.25, 0.3) is 0 Å². The Balaban J connectivity index is 4.14. The Bertz CT molecular complexity index is 230. The normalized spacial score (nSPS) is 15.1. The second-order valence-corrected chi connectivity index (χ2v) is 4.88. The van der Waals surface area contributed by atoms with Crippen molar-refractivity contribution in [3.8, 4) is 0 Å². The molecule has 0 aromatic rings. The summed E-state index contributed by atoms with van der Waals surface area (Å²) >= 11 is 0. The monoisotopic (exact) mass is 258 g/mol. The molecule has 4 nitrogen and oxygen atoms in total. The van der Waals surface area contributed by atoms with Gasteiger partial charge in [-0.2, -0.15) is 0 Å². The number of nitrogens with zero attached hydrogens (tertiary/aromatic N) is 2. The summed E-state index contributed by atoms with van der Waals surface area (Å²) in [6, 6.07) is 0.101. The average molecular weight is 258 g/mol. The molecule has 108 valence electrons. The average Bonchev–Trinajstić information content (AvgIpc) is 2.37. The largest absolute Gasteiger partial charge is 0.481 e. The van der Waals surface area contributed by atoms with Gasteiger partial charge in [0.2, 0.25) is 0 Å². The van der Waals surface area contributed by atoms with Gasteiger partial charge in [0, 0.05) is 6.04 Å². The zero-order valence-electron chi connectivity index (χ0n) is 12.6. The Morgan fingerprint density at radius 3 is 2.00 bits per heavy atom. The van der Waals surface area contributed by atoms with Gasteiger partial charge in [0.05, 0.1) is 5.92 Å². The van der Waals surface area contributed by atoms with E-state index >= 15 is 0 Å². The molecule has 18 heavy (non-hydrogen) atoms. The lowest BCUT2D eigenvalue weighted by Crippen LogP contribution is -2.41. The van der Waals surface area contributed by atoms with Crippen molar-refractivity contribution in [2.45, 2.75) is 47.1 Å². The minimum atomic E-state index is -0.704. The van der Waals surface area contributed by atoms with Gasteiger partial charge in [0.25, 0.3) is 0 Å². The first-order valence-electron chi connectivity index (χ1n) is 7.17. The van der Waals surface area contributed by atoms with Crippen molar-refractivity contribution in [3.63, 3.8) is 0 Å². The van der Waals surface area contributed by atoms with Crippen LogP contribution in [0.2, 0.25) is 0 Å². The maximum absolute atomic E-state index is 11.0. The Kier molecular flexibility index (Phi) is 9.02. The molecule has 0 bridgehead atoms. The van der Waals surface area contributed by atoms with Gasteiger partial charge in [-0.05, 0) is 46.1 Å². The van der Waals surface area contributed by atoms with Crippen LogP contribution < -0.4 is 0 Å². The van der Waals surface area contributed by atoms with Crippen LogP contribution in [0, 0.1) is 5.92 Å². The Labute approximate surface area is 112 Å². The van der Waals surface area contributed by atoms with Crippen LogP contribution in [0.15, 0.2) is 0 Å². The van der Waals surface area contributed by atoms with Crippen LogP contribution in [0.3, 0.4) is 0 Å². The highest BCUT2D eigenvalue weighted by Crippen LogP contribution is 2.11. The molecule has 0 aromatic heterocycles. The maximum Gasteiger partial charge on any atom is 0.307 e. The molecule has 0 aliphatic carbocycles. The molecule has 0 aliphatic heterocycles. The van der Waals surface area contributed by atoms with E-state index in [4.69, 9.17) is 5.11 Å². The quantitative estimate of drug-likeness (QED) is 0.652. The van der Waals surface area contributed by atoms with Gasteiger partial charge in [0.1, 0.15) is 0 Å². The van der Waals surface area contributed by atoms with Gasteiger partial charge in [-0.3, -0.25) is 4.79 Å². The molecule has 0 rings (SSSR count). The van der Waals surface area contributed by atoms with E-state index in [9.17, 15) is 4.79 Å². The molecular formula is C14H30N2O2. The molecule has 4 heteroatoms. The molecule has 0 aliphatic rings. The van der Waals surface area contributed by atoms with E-state index in [0.717, 1.165) is 39.1 Å². The minimum absolute atomic E-state index is 0.101. The smallest absolute Gasteiger partial charge is 0.307 e. The first kappa shape index (κ1) is 17.4. The maximum atomic E-state index is 11.0. The molecule has 0 spiro atoms. The number of aliphatic carboxylic acids is 1. The number of carboxylic acids is 1. The second kappa shape index (κ2) is 9.34. The lowest BCUT2D eigenvalue weighted by Gasteiger charge is -2.31. The van der Waals surface area contributed by atoms with Gasteiger partial charge in [-0.25, -0.2) is 0 Å². The Morgan fingerprint density at radius 1 is 1.06 bits per heavy atom. The lowest BCUT2D eigenvalue weighted by molar-refractivity contribution is -0.143. The topological polar surface area (TPSA) is 43.8 Å². The van der Waals surface area contributed by atoms with E-state index in [0.29, 0.717) is 0 Å². The number of carboxylic acid groups (broad SMARTS) is 1. The standard InChI is InChI=1S/C14H30N2O2/c1-6-15(7-2)10-9-11-16(8-3)13(5)12(4)14(17)18/h12-13H,6-11H2,1-5H3,(H,17,18). The van der Waals surface area contributed by atoms with Crippen molar-refractivity contribution < 1.29 is 9.90 Å². The minimum Gasteiger partial charge on any atom is -0.481 e. The molecule has 1 N–H and O–H groups in total. The van der Waals surface area contributed by atoms with Gasteiger partial charge >= 0.3 is 5.97 Å². The third kappa shape index (κ3) is 5.83. The van der Waals surface area contributed by atoms with Gasteiger partial charge < -0.3 is 14.9 Å². The van der Waals surface area contributed by atoms with Crippen molar-refractivity contribution in [3.05, 3.63) is 0 Å². The number of hydrogen-bond acceptors (Lipinski definition) is 3. The van der Waals surface area contributed by atoms with Gasteiger partial charge in [-0.15, -0.1) is 0 Å². The van der Waals surface area contributed by atoms with Crippen LogP contribution in [-0.4, -0.2) is 59.6 Å². The predicted molar refractivity (Wildman–Crippen MR) is 75.9 cm³/mol. The molecule has 2 atom stereocenters. The highest BCUT2D eigenvalue weighted by atomic mass is 16.4. The van der Waals surface area contributed by atoms with Crippen LogP contribution >= 0.6 is 0 Å². The molecule has 0 amide bonds. The summed E-state index contributed by atoms with van der Waals surface area (Å²) in [5, 5.41) is 9.05. The molecule has 0 aromatic carbocycles. The van der Waals surface area contributed by atoms with Crippen molar-refractivity contribution in [1.29, 1.82) is 0 Å². The molecular weight excluding hydrogens is 228 g/mol. The fraction of sp³-hybridized carbons (Fsp3) is 0.929. The molecule has 0 fully saturated rings. The van der Waals surface area contributed by atoms with Crippen LogP contribution in [-0.2, 0) is 4.79 Å². The SMILES string of the molecule is CCN(CC)CCCN(CC)C(C)C(C)C(=O)O. The fourth-order valence-electron chi connectivity index (χ4n) is 2.21. The molecule has 2 unspecified atom stereocenters. The first-order valence-corrected chi connectivity index (χ1v) is 7.17. The molecule has 0 saturated heterocycles. The summed E-state index contributed by atoms with van der Waals surface area (Å²) in [4.78, 5) is 15.7. The van der Waals surface area contributed by atoms with Crippen LogP contribution in [0.4, 0.5) is 0 Å². The van der Waals surface area contributed by atoms with Crippen molar-refractivity contribution >= 4 is 5.97 Å². The molecule has 0 heterocycles. The van der Waals surface area contributed by atoms with Gasteiger partial charge in [-0.1, -0.05) is 27.7 Å². The lowest BCUT2D eigenvalue weighted by atomic mass is 10.0. The molecule has 0 radical (unpaired) electrons. The summed E-state index contributed by atoms with van der Waals surface area (Å²) in [6.45, 7) is 15.4. The summed E-state index contributed by atoms with van der Waals surface area (Å²) in [5.74, 6) is -1.01. The van der Waals surface area contributed by atoms with Crippen LogP contribution in [0.5, 0.6) is 0 Å². The van der Waals surface area contributed by atoms with E-state index in [1.165, 1.54) is 0 Å². The number of rotatable bonds is 10. The van der Waals surface area contributed by atoms with Crippen LogP contribution in [0.1, 0.15) is 41.0 Å². The highest BCUT2D eigenvalue weighted by molar-refractivity contribution is 5.70. The summed E-state index contributed by atoms with van der Waals surface area (Å²) < 4.78 is 0. The van der Waals surface area contributed by atoms with Crippen molar-refractivity contribution in [2.75, 3.05) is 32.7 Å². The first-order chi connectivity index (χ1) is 8.47. The van der Waals surface area contributed by atoms with E-state index in [-0.39, 0.29) is 12.0 Å². The summed E-state index contributed by atoms with van der Waals surface area (Å²) in [6.07, 6.45) is 1.10. The number of carbonyl (C=O) groups is 1. The Morgan fingerprint density at radius 2 is 1.61 bits per heavy atom. The summed E-state index contributed by atoms with van der Waals surface area (Å²) in [7, 11) is 0.